The Balaban J connectivity index is 2.31. The lowest BCUT2D eigenvalue weighted by molar-refractivity contribution is -0.115. The number of nitrogens with one attached hydrogen (secondary N) is 1. The third-order valence-corrected chi connectivity index (χ3v) is 5.48. The molecule has 0 atom stereocenters. The fraction of sp³-hybridized carbons (Fsp3) is 0.136. The van der Waals surface area contributed by atoms with E-state index in [4.69, 9.17) is 0 Å². The van der Waals surface area contributed by atoms with Gasteiger partial charge in [-0.15, -0.1) is 11.3 Å². The van der Waals surface area contributed by atoms with Crippen LogP contribution in [-0.4, -0.2) is 17.5 Å². The van der Waals surface area contributed by atoms with E-state index >= 15 is 0 Å². The van der Waals surface area contributed by atoms with Crippen molar-refractivity contribution in [1.29, 1.82) is 5.26 Å². The first-order chi connectivity index (χ1) is 13.5. The molecule has 28 heavy (non-hydrogen) atoms. The Bertz CT molecular complexity index is 1230. The van der Waals surface area contributed by atoms with Gasteiger partial charge in [-0.25, -0.2) is 0 Å². The summed E-state index contributed by atoms with van der Waals surface area (Å²) < 4.78 is 2.34. The van der Waals surface area contributed by atoms with Gasteiger partial charge in [-0.2, -0.15) is 5.26 Å². The summed E-state index contributed by atoms with van der Waals surface area (Å²) in [6.45, 7) is 2.26. The van der Waals surface area contributed by atoms with E-state index in [-0.39, 0.29) is 17.7 Å². The zero-order valence-corrected chi connectivity index (χ0v) is 16.4. The number of nitriles is 1. The van der Waals surface area contributed by atoms with Crippen molar-refractivity contribution in [2.45, 2.75) is 13.5 Å². The lowest BCUT2D eigenvalue weighted by Crippen LogP contribution is -2.34. The molecule has 0 radical (unpaired) electrons. The van der Waals surface area contributed by atoms with Gasteiger partial charge in [0, 0.05) is 7.05 Å². The van der Waals surface area contributed by atoms with E-state index in [1.807, 2.05) is 73.7 Å². The maximum Gasteiger partial charge on any atom is 0.269 e. The predicted molar refractivity (Wildman–Crippen MR) is 111 cm³/mol. The smallest absolute Gasteiger partial charge is 0.269 e. The number of hydrogen-bond acceptors (Lipinski definition) is 4. The minimum Gasteiger partial charge on any atom is -0.354 e. The molecule has 5 nitrogen and oxygen atoms in total. The summed E-state index contributed by atoms with van der Waals surface area (Å²) >= 11 is 1.16. The van der Waals surface area contributed by atoms with Crippen LogP contribution in [0.2, 0.25) is 0 Å². The SMILES string of the molecule is CNC(=O)/C(C#N)=c1/s/c(=C\c2ccccc2C)c(=O)n1Cc1ccccc1. The molecule has 3 aromatic rings. The van der Waals surface area contributed by atoms with Crippen molar-refractivity contribution < 1.29 is 4.79 Å². The molecular formula is C22H19N3O2S. The van der Waals surface area contributed by atoms with Crippen LogP contribution in [-0.2, 0) is 11.3 Å². The highest BCUT2D eigenvalue weighted by Crippen LogP contribution is 2.07. The van der Waals surface area contributed by atoms with E-state index in [0.717, 1.165) is 28.0 Å². The van der Waals surface area contributed by atoms with Crippen molar-refractivity contribution in [2.24, 2.45) is 0 Å². The maximum absolute atomic E-state index is 13.1. The molecule has 0 saturated carbocycles. The summed E-state index contributed by atoms with van der Waals surface area (Å²) in [7, 11) is 1.47. The lowest BCUT2D eigenvalue weighted by Gasteiger charge is -2.03. The standard InChI is InChI=1S/C22H19N3O2S/c1-15-8-6-7-11-17(15)12-19-21(27)25(14-16-9-4-3-5-10-16)22(28-19)18(13-23)20(26)24-2/h3-12H,14H2,1-2H3,(H,24,26)/b19-12-,22-18+. The Labute approximate surface area is 166 Å². The minimum absolute atomic E-state index is 0.0648. The van der Waals surface area contributed by atoms with Gasteiger partial charge in [0.2, 0.25) is 0 Å². The molecule has 0 aliphatic heterocycles. The van der Waals surface area contributed by atoms with Crippen molar-refractivity contribution in [2.75, 3.05) is 7.05 Å². The quantitative estimate of drug-likeness (QED) is 0.735. The molecule has 3 rings (SSSR count). The number of aryl methyl sites for hydroxylation is 1. The largest absolute Gasteiger partial charge is 0.354 e. The topological polar surface area (TPSA) is 74.9 Å². The fourth-order valence-electron chi connectivity index (χ4n) is 2.83. The lowest BCUT2D eigenvalue weighted by atomic mass is 10.1. The van der Waals surface area contributed by atoms with Crippen LogP contribution < -0.4 is 20.1 Å². The highest BCUT2D eigenvalue weighted by molar-refractivity contribution is 7.07. The van der Waals surface area contributed by atoms with Gasteiger partial charge in [0.1, 0.15) is 10.7 Å². The molecule has 1 N–H and O–H groups in total. The first-order valence-electron chi connectivity index (χ1n) is 8.72. The Hall–Kier alpha value is -3.43. The van der Waals surface area contributed by atoms with Gasteiger partial charge in [-0.1, -0.05) is 54.6 Å². The molecule has 0 saturated heterocycles. The molecule has 140 valence electrons. The number of rotatable bonds is 4. The summed E-state index contributed by atoms with van der Waals surface area (Å²) in [5.41, 5.74) is 2.61. The molecule has 0 fully saturated rings. The van der Waals surface area contributed by atoms with Gasteiger partial charge in [0.15, 0.2) is 5.57 Å². The molecule has 1 aromatic heterocycles. The average Bonchev–Trinajstić information content (AvgIpc) is 3.00. The molecule has 0 unspecified atom stereocenters. The normalized spacial score (nSPS) is 12.4. The van der Waals surface area contributed by atoms with Gasteiger partial charge in [0.25, 0.3) is 11.5 Å². The number of thiazole rings is 1. The van der Waals surface area contributed by atoms with Crippen molar-refractivity contribution in [3.05, 3.63) is 90.8 Å². The van der Waals surface area contributed by atoms with Gasteiger partial charge < -0.3 is 5.32 Å². The first-order valence-corrected chi connectivity index (χ1v) is 9.54. The third-order valence-electron chi connectivity index (χ3n) is 4.35. The number of nitrogens with zero attached hydrogens (tertiary/aromatic N) is 2. The van der Waals surface area contributed by atoms with E-state index in [9.17, 15) is 14.9 Å². The van der Waals surface area contributed by atoms with Crippen LogP contribution in [0.3, 0.4) is 0 Å². The number of benzene rings is 2. The summed E-state index contributed by atoms with van der Waals surface area (Å²) in [6, 6.07) is 19.2. The monoisotopic (exact) mass is 389 g/mol. The first kappa shape index (κ1) is 19.3. The predicted octanol–water partition coefficient (Wildman–Crippen LogP) is 1.52. The van der Waals surface area contributed by atoms with Crippen LogP contribution in [0.5, 0.6) is 0 Å². The highest BCUT2D eigenvalue weighted by atomic mass is 32.1. The Morgan fingerprint density at radius 3 is 2.50 bits per heavy atom. The molecule has 2 aromatic carbocycles. The number of amides is 1. The van der Waals surface area contributed by atoms with Gasteiger partial charge in [-0.05, 0) is 29.7 Å². The second-order valence-electron chi connectivity index (χ2n) is 6.22. The Kier molecular flexibility index (Phi) is 5.87. The number of aromatic nitrogens is 1. The van der Waals surface area contributed by atoms with E-state index in [0.29, 0.717) is 9.20 Å². The zero-order chi connectivity index (χ0) is 20.1. The Morgan fingerprint density at radius 1 is 1.18 bits per heavy atom. The number of carbonyl (C=O) groups excluding carboxylic acids is 1. The minimum atomic E-state index is -0.506. The van der Waals surface area contributed by atoms with E-state index in [2.05, 4.69) is 5.32 Å². The number of carbonyl (C=O) groups is 1. The van der Waals surface area contributed by atoms with Crippen LogP contribution in [0.4, 0.5) is 0 Å². The van der Waals surface area contributed by atoms with Crippen molar-refractivity contribution >= 4 is 28.9 Å². The van der Waals surface area contributed by atoms with Gasteiger partial charge in [0.05, 0.1) is 11.1 Å². The third kappa shape index (κ3) is 3.95. The van der Waals surface area contributed by atoms with Gasteiger partial charge >= 0.3 is 0 Å². The van der Waals surface area contributed by atoms with Crippen molar-refractivity contribution in [1.82, 2.24) is 9.88 Å². The molecule has 1 amide bonds. The number of hydrogen-bond donors (Lipinski definition) is 1. The van der Waals surface area contributed by atoms with E-state index in [1.165, 1.54) is 11.6 Å². The summed E-state index contributed by atoms with van der Waals surface area (Å²) in [4.78, 5) is 25.3. The van der Waals surface area contributed by atoms with Crippen LogP contribution >= 0.6 is 11.3 Å². The van der Waals surface area contributed by atoms with Crippen molar-refractivity contribution in [3.8, 4) is 6.07 Å². The highest BCUT2D eigenvalue weighted by Gasteiger charge is 2.15. The summed E-state index contributed by atoms with van der Waals surface area (Å²) in [6.07, 6.45) is 1.81. The van der Waals surface area contributed by atoms with Gasteiger partial charge in [-0.3, -0.25) is 14.2 Å². The Morgan fingerprint density at radius 2 is 1.86 bits per heavy atom. The van der Waals surface area contributed by atoms with Crippen LogP contribution in [0.25, 0.3) is 11.6 Å². The molecule has 6 heteroatoms. The van der Waals surface area contributed by atoms with Crippen molar-refractivity contribution in [3.63, 3.8) is 0 Å². The molecule has 0 spiro atoms. The van der Waals surface area contributed by atoms with Crippen LogP contribution in [0.1, 0.15) is 16.7 Å². The second-order valence-corrected chi connectivity index (χ2v) is 7.25. The summed E-state index contributed by atoms with van der Waals surface area (Å²) in [5.74, 6) is -0.506. The maximum atomic E-state index is 13.1. The molecule has 0 aliphatic carbocycles. The zero-order valence-electron chi connectivity index (χ0n) is 15.6. The van der Waals surface area contributed by atoms with E-state index in [1.54, 1.807) is 0 Å². The average molecular weight is 389 g/mol. The molecular weight excluding hydrogens is 370 g/mol. The van der Waals surface area contributed by atoms with Crippen LogP contribution in [0, 0.1) is 18.3 Å². The van der Waals surface area contributed by atoms with Crippen LogP contribution in [0.15, 0.2) is 59.4 Å². The summed E-state index contributed by atoms with van der Waals surface area (Å²) in [5, 5.41) is 12.0. The fourth-order valence-corrected chi connectivity index (χ4v) is 3.92. The molecule has 1 heterocycles. The second kappa shape index (κ2) is 8.51. The van der Waals surface area contributed by atoms with E-state index < -0.39 is 5.91 Å². The molecule has 0 bridgehead atoms. The molecule has 0 aliphatic rings.